The van der Waals surface area contributed by atoms with Crippen LogP contribution in [0.25, 0.3) is 0 Å². The van der Waals surface area contributed by atoms with Crippen molar-refractivity contribution in [2.24, 2.45) is 0 Å². The number of hydrogen-bond acceptors (Lipinski definition) is 2. The molecule has 20 heavy (non-hydrogen) atoms. The van der Waals surface area contributed by atoms with Crippen LogP contribution in [-0.4, -0.2) is 19.2 Å². The fourth-order valence-corrected chi connectivity index (χ4v) is 2.33. The summed E-state index contributed by atoms with van der Waals surface area (Å²) in [7, 11) is 0. The zero-order valence-electron chi connectivity index (χ0n) is 12.8. The van der Waals surface area contributed by atoms with Crippen LogP contribution < -0.4 is 10.1 Å². The van der Waals surface area contributed by atoms with Gasteiger partial charge in [0.1, 0.15) is 5.75 Å². The first-order valence-electron chi connectivity index (χ1n) is 7.89. The summed E-state index contributed by atoms with van der Waals surface area (Å²) in [5.74, 6) is 0.966. The summed E-state index contributed by atoms with van der Waals surface area (Å²) in [5, 5.41) is 3.56. The predicted molar refractivity (Wildman–Crippen MR) is 87.3 cm³/mol. The summed E-state index contributed by atoms with van der Waals surface area (Å²) in [4.78, 5) is 0. The van der Waals surface area contributed by atoms with Crippen LogP contribution in [0.2, 0.25) is 0 Å². The zero-order valence-corrected chi connectivity index (χ0v) is 12.8. The molecule has 0 spiro atoms. The Hall–Kier alpha value is -1.28. The molecule has 0 saturated heterocycles. The van der Waals surface area contributed by atoms with E-state index in [0.29, 0.717) is 6.04 Å². The molecule has 0 aliphatic rings. The average Bonchev–Trinajstić information content (AvgIpc) is 2.48. The van der Waals surface area contributed by atoms with Crippen LogP contribution >= 0.6 is 0 Å². The number of ether oxygens (including phenoxy) is 1. The normalized spacial score (nSPS) is 12.1. The molecule has 0 aliphatic carbocycles. The Morgan fingerprint density at radius 2 is 1.95 bits per heavy atom. The van der Waals surface area contributed by atoms with Crippen molar-refractivity contribution in [3.63, 3.8) is 0 Å². The van der Waals surface area contributed by atoms with Gasteiger partial charge >= 0.3 is 0 Å². The van der Waals surface area contributed by atoms with Crippen molar-refractivity contribution in [1.29, 1.82) is 0 Å². The van der Waals surface area contributed by atoms with Crippen LogP contribution in [-0.2, 0) is 0 Å². The van der Waals surface area contributed by atoms with Crippen LogP contribution in [0.4, 0.5) is 0 Å². The highest BCUT2D eigenvalue weighted by molar-refractivity contribution is 5.20. The largest absolute Gasteiger partial charge is 0.494 e. The van der Waals surface area contributed by atoms with E-state index in [1.54, 1.807) is 0 Å². The van der Waals surface area contributed by atoms with E-state index in [4.69, 9.17) is 4.74 Å². The average molecular weight is 275 g/mol. The van der Waals surface area contributed by atoms with Crippen molar-refractivity contribution in [2.45, 2.75) is 51.5 Å². The van der Waals surface area contributed by atoms with Gasteiger partial charge in [-0.3, -0.25) is 0 Å². The third kappa shape index (κ3) is 8.00. The van der Waals surface area contributed by atoms with Crippen molar-refractivity contribution in [3.05, 3.63) is 43.0 Å². The quantitative estimate of drug-likeness (QED) is 0.445. The molecular formula is C18H29NO. The molecule has 0 radical (unpaired) electrons. The second-order valence-corrected chi connectivity index (χ2v) is 5.13. The number of benzene rings is 1. The molecule has 0 aliphatic heterocycles. The van der Waals surface area contributed by atoms with Crippen molar-refractivity contribution in [3.8, 4) is 5.75 Å². The van der Waals surface area contributed by atoms with Crippen LogP contribution in [0.15, 0.2) is 43.0 Å². The lowest BCUT2D eigenvalue weighted by molar-refractivity contribution is 0.279. The van der Waals surface area contributed by atoms with Gasteiger partial charge in [0.25, 0.3) is 0 Å². The van der Waals surface area contributed by atoms with Crippen LogP contribution in [0, 0.1) is 0 Å². The van der Waals surface area contributed by atoms with Gasteiger partial charge in [-0.1, -0.05) is 44.0 Å². The number of allylic oxidation sites excluding steroid dienone is 1. The van der Waals surface area contributed by atoms with E-state index in [1.165, 1.54) is 25.7 Å². The highest BCUT2D eigenvalue weighted by atomic mass is 16.5. The van der Waals surface area contributed by atoms with E-state index in [1.807, 2.05) is 36.4 Å². The Labute approximate surface area is 124 Å². The monoisotopic (exact) mass is 275 g/mol. The molecule has 0 aromatic heterocycles. The summed E-state index contributed by atoms with van der Waals surface area (Å²) in [6.45, 7) is 7.75. The van der Waals surface area contributed by atoms with Gasteiger partial charge in [0.15, 0.2) is 0 Å². The molecule has 1 N–H and O–H groups in total. The number of rotatable bonds is 12. The van der Waals surface area contributed by atoms with Crippen molar-refractivity contribution in [1.82, 2.24) is 5.32 Å². The number of hydrogen-bond donors (Lipinski definition) is 1. The Morgan fingerprint density at radius 1 is 1.15 bits per heavy atom. The third-order valence-corrected chi connectivity index (χ3v) is 3.43. The van der Waals surface area contributed by atoms with Gasteiger partial charge in [-0.15, -0.1) is 6.58 Å². The lowest BCUT2D eigenvalue weighted by atomic mass is 10.0. The minimum absolute atomic E-state index is 0.576. The van der Waals surface area contributed by atoms with E-state index < -0.39 is 0 Å². The minimum atomic E-state index is 0.576. The van der Waals surface area contributed by atoms with Crippen molar-refractivity contribution in [2.75, 3.05) is 13.2 Å². The minimum Gasteiger partial charge on any atom is -0.494 e. The van der Waals surface area contributed by atoms with Gasteiger partial charge < -0.3 is 10.1 Å². The number of para-hydroxylation sites is 1. The highest BCUT2D eigenvalue weighted by Gasteiger charge is 2.07. The van der Waals surface area contributed by atoms with Crippen molar-refractivity contribution < 1.29 is 4.74 Å². The second-order valence-electron chi connectivity index (χ2n) is 5.13. The Balaban J connectivity index is 2.16. The van der Waals surface area contributed by atoms with Gasteiger partial charge in [-0.25, -0.2) is 0 Å². The Kier molecular flexibility index (Phi) is 9.68. The summed E-state index contributed by atoms with van der Waals surface area (Å²) in [6.07, 6.45) is 9.32. The fourth-order valence-electron chi connectivity index (χ4n) is 2.33. The second kappa shape index (κ2) is 11.5. The molecule has 0 saturated carbocycles. The maximum absolute atomic E-state index is 5.77. The molecule has 1 aromatic rings. The SMILES string of the molecule is C=CCCCCCC(CCOc1ccccc1)NCC. The lowest BCUT2D eigenvalue weighted by Crippen LogP contribution is -2.30. The van der Waals surface area contributed by atoms with Crippen LogP contribution in [0.3, 0.4) is 0 Å². The van der Waals surface area contributed by atoms with Crippen molar-refractivity contribution >= 4 is 0 Å². The first-order valence-corrected chi connectivity index (χ1v) is 7.89. The van der Waals surface area contributed by atoms with E-state index >= 15 is 0 Å². The molecule has 0 heterocycles. The van der Waals surface area contributed by atoms with E-state index in [-0.39, 0.29) is 0 Å². The summed E-state index contributed by atoms with van der Waals surface area (Å²) < 4.78 is 5.77. The summed E-state index contributed by atoms with van der Waals surface area (Å²) in [6, 6.07) is 10.6. The maximum atomic E-state index is 5.77. The Morgan fingerprint density at radius 3 is 2.65 bits per heavy atom. The van der Waals surface area contributed by atoms with Gasteiger partial charge in [0, 0.05) is 6.04 Å². The summed E-state index contributed by atoms with van der Waals surface area (Å²) in [5.41, 5.74) is 0. The van der Waals surface area contributed by atoms with Gasteiger partial charge in [-0.05, 0) is 44.4 Å². The molecule has 1 aromatic carbocycles. The predicted octanol–water partition coefficient (Wildman–Crippen LogP) is 4.57. The first kappa shape index (κ1) is 16.8. The topological polar surface area (TPSA) is 21.3 Å². The fraction of sp³-hybridized carbons (Fsp3) is 0.556. The van der Waals surface area contributed by atoms with E-state index in [0.717, 1.165) is 31.7 Å². The maximum Gasteiger partial charge on any atom is 0.119 e. The molecule has 0 fully saturated rings. The van der Waals surface area contributed by atoms with Gasteiger partial charge in [-0.2, -0.15) is 0 Å². The van der Waals surface area contributed by atoms with Crippen LogP contribution in [0.5, 0.6) is 5.75 Å². The highest BCUT2D eigenvalue weighted by Crippen LogP contribution is 2.11. The molecule has 112 valence electrons. The van der Waals surface area contributed by atoms with Crippen LogP contribution in [0.1, 0.15) is 45.4 Å². The van der Waals surface area contributed by atoms with E-state index in [2.05, 4.69) is 18.8 Å². The molecule has 2 heteroatoms. The standard InChI is InChI=1S/C18H29NO/c1-3-5-6-7-9-12-17(19-4-2)15-16-20-18-13-10-8-11-14-18/h3,8,10-11,13-14,17,19H,1,4-7,9,12,15-16H2,2H3. The summed E-state index contributed by atoms with van der Waals surface area (Å²) >= 11 is 0. The molecule has 0 bridgehead atoms. The molecular weight excluding hydrogens is 246 g/mol. The van der Waals surface area contributed by atoms with Gasteiger partial charge in [0.05, 0.1) is 6.61 Å². The molecule has 1 rings (SSSR count). The third-order valence-electron chi connectivity index (χ3n) is 3.43. The molecule has 0 amide bonds. The molecule has 1 unspecified atom stereocenters. The number of unbranched alkanes of at least 4 members (excludes halogenated alkanes) is 3. The molecule has 2 nitrogen and oxygen atoms in total. The smallest absolute Gasteiger partial charge is 0.119 e. The first-order chi connectivity index (χ1) is 9.86. The lowest BCUT2D eigenvalue weighted by Gasteiger charge is -2.18. The van der Waals surface area contributed by atoms with Gasteiger partial charge in [0.2, 0.25) is 0 Å². The number of nitrogens with one attached hydrogen (secondary N) is 1. The van der Waals surface area contributed by atoms with E-state index in [9.17, 15) is 0 Å². The molecule has 1 atom stereocenters. The Bertz CT molecular complexity index is 337. The zero-order chi connectivity index (χ0) is 14.5.